The van der Waals surface area contributed by atoms with Gasteiger partial charge in [0.1, 0.15) is 66.1 Å². The fourth-order valence-electron chi connectivity index (χ4n) is 12.9. The lowest BCUT2D eigenvalue weighted by Gasteiger charge is -2.25. The number of halogens is 13. The van der Waals surface area contributed by atoms with Gasteiger partial charge in [-0.3, -0.25) is 19.2 Å². The zero-order valence-electron chi connectivity index (χ0n) is 67.9. The minimum atomic E-state index is -3.82. The second kappa shape index (κ2) is 50.7. The van der Waals surface area contributed by atoms with Crippen LogP contribution in [0.1, 0.15) is 167 Å². The van der Waals surface area contributed by atoms with Gasteiger partial charge in [0.05, 0.1) is 92.1 Å². The van der Waals surface area contributed by atoms with E-state index in [1.165, 1.54) is 44.2 Å². The first-order valence-electron chi connectivity index (χ1n) is 38.6. The molecule has 8 aromatic rings. The average molecular weight is 1950 g/mol. The normalized spacial score (nSPS) is 15.1. The number of carbonyl (C=O) groups is 8. The monoisotopic (exact) mass is 1940 g/mol. The van der Waals surface area contributed by atoms with Crippen molar-refractivity contribution in [3.05, 3.63) is 254 Å². The van der Waals surface area contributed by atoms with Crippen LogP contribution in [0.2, 0.25) is 40.2 Å². The second-order valence-electron chi connectivity index (χ2n) is 28.1. The number of amides is 4. The van der Waals surface area contributed by atoms with Gasteiger partial charge in [-0.15, -0.1) is 18.8 Å². The van der Waals surface area contributed by atoms with Gasteiger partial charge < -0.3 is 53.3 Å². The number of carbonyl (C=O) groups excluding carboxylic acids is 6. The molecule has 3 atom stereocenters. The fourth-order valence-corrected chi connectivity index (χ4v) is 15.6. The number of rotatable bonds is 22. The van der Waals surface area contributed by atoms with Gasteiger partial charge >= 0.3 is 23.9 Å². The summed E-state index contributed by atoms with van der Waals surface area (Å²) in [5, 5.41) is 19.2. The molecule has 0 spiro atoms. The molecule has 3 heterocycles. The molecular weight excluding hydrogens is 1860 g/mol. The van der Waals surface area contributed by atoms with Crippen LogP contribution in [0.15, 0.2) is 146 Å². The lowest BCUT2D eigenvalue weighted by molar-refractivity contribution is 0.0586. The molecule has 127 heavy (non-hydrogen) atoms. The van der Waals surface area contributed by atoms with Crippen LogP contribution in [0.3, 0.4) is 0 Å². The molecule has 2 aliphatic carbocycles. The summed E-state index contributed by atoms with van der Waals surface area (Å²) in [6.45, 7) is 4.39. The maximum Gasteiger partial charge on any atom is 0.340 e. The molecule has 2 saturated carbocycles. The van der Waals surface area contributed by atoms with Crippen molar-refractivity contribution in [2.75, 3.05) is 60.3 Å². The molecule has 0 bridgehead atoms. The van der Waals surface area contributed by atoms with E-state index in [0.29, 0.717) is 88.2 Å². The molecule has 0 aromatic heterocycles. The number of nitrogens with zero attached hydrogens (tertiary/aromatic N) is 3. The molecule has 36 heteroatoms. The van der Waals surface area contributed by atoms with E-state index in [-0.39, 0.29) is 128 Å². The first-order chi connectivity index (χ1) is 60.1. The van der Waals surface area contributed by atoms with Gasteiger partial charge in [0.25, 0.3) is 23.6 Å². The number of likely N-dealkylation sites (tertiary alicyclic amines) is 3. The Morgan fingerprint density at radius 1 is 0.417 bits per heavy atom. The number of esters is 2. The van der Waals surface area contributed by atoms with Gasteiger partial charge in [0.2, 0.25) is 10.0 Å². The fraction of sp³-hybridized carbons (Fsp3) is 0.297. The van der Waals surface area contributed by atoms with E-state index < -0.39 is 79.5 Å². The van der Waals surface area contributed by atoms with Crippen LogP contribution in [-0.2, 0) is 19.5 Å². The summed E-state index contributed by atoms with van der Waals surface area (Å²) in [6, 6.07) is 33.9. The van der Waals surface area contributed by atoms with Crippen molar-refractivity contribution >= 4 is 163 Å². The summed E-state index contributed by atoms with van der Waals surface area (Å²) in [4.78, 5) is 99.7. The van der Waals surface area contributed by atoms with Crippen molar-refractivity contribution in [1.29, 1.82) is 0 Å². The van der Waals surface area contributed by atoms with E-state index >= 15 is 0 Å². The van der Waals surface area contributed by atoms with E-state index in [2.05, 4.69) is 50.9 Å². The topological polar surface area (TPSA) is 288 Å². The third-order valence-electron chi connectivity index (χ3n) is 19.5. The molecule has 22 nitrogen and oxygen atoms in total. The lowest BCUT2D eigenvalue weighted by Crippen LogP contribution is -2.39. The number of methoxy groups -OCH3 is 2. The van der Waals surface area contributed by atoms with Crippen LogP contribution in [0.5, 0.6) is 23.0 Å². The van der Waals surface area contributed by atoms with Crippen LogP contribution in [0, 0.1) is 77.1 Å². The molecule has 4 amide bonds. The van der Waals surface area contributed by atoms with E-state index in [9.17, 15) is 64.3 Å². The van der Waals surface area contributed by atoms with Crippen molar-refractivity contribution in [1.82, 2.24) is 19.4 Å². The van der Waals surface area contributed by atoms with Gasteiger partial charge in [-0.05, 0) is 234 Å². The Bertz CT molecular complexity index is 5640. The van der Waals surface area contributed by atoms with Crippen LogP contribution in [-0.4, -0.2) is 164 Å². The van der Waals surface area contributed by atoms with E-state index in [4.69, 9.17) is 128 Å². The standard InChI is InChI=1S/C22H21Cl2FN2O5S.C20H18Cl2FNO4.C19H16Cl2FNO4.C14H16ClFO3.C9H4.C7H5ClO2.ClH/c23-14-5-3-13(4-6-14)22(29)27-9-1-2-15(27)12-32-20-11-19(25)17(10-18(20)24)21(28)26-33(30,31)16-7-8-16;1-27-20(26)15-9-16(22)18(10-17(15)23)28-11-14-3-2-8-24(14)19(25)12-4-6-13(21)7-5-12;20-12-5-3-11(4-6-12)18(24)23-7-1-2-13(23)10-27-17-9-16(22)14(19(25)26)8-15(17)21;1-18-14(17)10-6-11(15)13(7-12(10)16)19-8-9-4-2-3-5-9;1-3-5-7-9-8-6-4-2;8-6-3-1-5(2-4-6)7(9)10;/h3-6,10-11,15-16H,1-2,7-9,12H2,(H,26,28);4-7,9-10,14H,2-3,8,11H2,1H3;3-6,8-9,13H,1-2,7,10H2,(H,25,26);6-7,9H,2-5,8H2,1H3;1H,2H3;1-4H,(H,9,10);1H/t15-;14-;13-;;;;/m111..../s1. The molecule has 3 saturated heterocycles. The first-order valence-corrected chi connectivity index (χ1v) is 43.2. The van der Waals surface area contributed by atoms with Gasteiger partial charge in [0.15, 0.2) is 0 Å². The van der Waals surface area contributed by atoms with Crippen molar-refractivity contribution in [2.24, 2.45) is 5.92 Å². The number of sulfonamides is 1. The van der Waals surface area contributed by atoms with Crippen molar-refractivity contribution in [2.45, 2.75) is 107 Å². The van der Waals surface area contributed by atoms with Gasteiger partial charge in [-0.2, -0.15) is 0 Å². The number of terminal acetylenes is 1. The summed E-state index contributed by atoms with van der Waals surface area (Å²) in [5.74, 6) is 9.18. The zero-order chi connectivity index (χ0) is 91.9. The van der Waals surface area contributed by atoms with Crippen molar-refractivity contribution in [3.63, 3.8) is 0 Å². The van der Waals surface area contributed by atoms with Crippen LogP contribution < -0.4 is 23.7 Å². The Labute approximate surface area is 777 Å². The molecular formula is C91H81Cl9F4N4O18S. The Morgan fingerprint density at radius 3 is 1.05 bits per heavy atom. The molecule has 8 aromatic carbocycles. The SMILES string of the molecule is C#CC#CC#CC#CC.COC(=O)c1cc(Cl)c(OCC2CCCC2)cc1F.COC(=O)c1cc(Cl)c(OC[C@H]2CCCN2C(=O)c2ccc(Cl)cc2)cc1F.Cl.O=C(NS(=O)(=O)C1CC1)c1cc(Cl)c(OC[C@H]2CCCN2C(=O)c2ccc(Cl)cc2)cc1F.O=C(O)c1cc(Cl)c(OC[C@H]2CCCN2C(=O)c2ccc(Cl)cc2)cc1F.O=C(O)c1ccc(Cl)cc1. The first kappa shape index (κ1) is 103. The molecule has 5 aliphatic rings. The Balaban J connectivity index is 0.000000219. The molecule has 670 valence electrons. The van der Waals surface area contributed by atoms with Gasteiger partial charge in [-0.25, -0.2) is 49.9 Å². The van der Waals surface area contributed by atoms with Crippen molar-refractivity contribution < 1.29 is 103 Å². The van der Waals surface area contributed by atoms with Crippen LogP contribution >= 0.6 is 105 Å². The highest BCUT2D eigenvalue weighted by Gasteiger charge is 2.39. The predicted octanol–water partition coefficient (Wildman–Crippen LogP) is 20.1. The van der Waals surface area contributed by atoms with Crippen molar-refractivity contribution in [3.8, 4) is 70.9 Å². The minimum absolute atomic E-state index is 0. The zero-order valence-corrected chi connectivity index (χ0v) is 75.6. The Morgan fingerprint density at radius 2 is 0.724 bits per heavy atom. The van der Waals surface area contributed by atoms with Gasteiger partial charge in [-0.1, -0.05) is 112 Å². The summed E-state index contributed by atoms with van der Waals surface area (Å²) in [6.07, 6.45) is 15.2. The third-order valence-corrected chi connectivity index (χ3v) is 23.5. The van der Waals surface area contributed by atoms with Gasteiger partial charge in [0, 0.05) is 80.7 Å². The highest BCUT2D eigenvalue weighted by Crippen LogP contribution is 2.37. The van der Waals surface area contributed by atoms with E-state index in [0.717, 1.165) is 88.5 Å². The van der Waals surface area contributed by atoms with Crippen LogP contribution in [0.25, 0.3) is 0 Å². The minimum Gasteiger partial charge on any atom is -0.492 e. The maximum absolute atomic E-state index is 14.6. The highest BCUT2D eigenvalue weighted by atomic mass is 35.5. The number of hydrogen-bond donors (Lipinski definition) is 3. The summed E-state index contributed by atoms with van der Waals surface area (Å²) in [7, 11) is -1.47. The largest absolute Gasteiger partial charge is 0.492 e. The third kappa shape index (κ3) is 31.0. The number of carboxylic acids is 2. The quantitative estimate of drug-likeness (QED) is 0.0323. The number of carboxylic acid groups (broad SMARTS) is 2. The summed E-state index contributed by atoms with van der Waals surface area (Å²) >= 11 is 47.4. The molecule has 3 aliphatic heterocycles. The average Bonchev–Trinajstić information content (AvgIpc) is 1.59. The van der Waals surface area contributed by atoms with E-state index in [1.54, 1.807) is 107 Å². The number of hydrogen-bond acceptors (Lipinski definition) is 16. The summed E-state index contributed by atoms with van der Waals surface area (Å²) in [5.41, 5.74) is 0.381. The van der Waals surface area contributed by atoms with E-state index in [1.807, 2.05) is 4.72 Å². The molecule has 0 unspecified atom stereocenters. The Hall–Kier alpha value is -10.8. The lowest BCUT2D eigenvalue weighted by atomic mass is 10.1. The number of benzene rings is 8. The molecule has 3 N–H and O–H groups in total. The predicted molar refractivity (Wildman–Crippen MR) is 479 cm³/mol. The molecule has 13 rings (SSSR count). The summed E-state index contributed by atoms with van der Waals surface area (Å²) < 4.78 is 113. The highest BCUT2D eigenvalue weighted by molar-refractivity contribution is 7.91. The number of nitrogens with one attached hydrogen (secondary N) is 1. The number of aromatic carboxylic acids is 2. The number of ether oxygens (including phenoxy) is 6. The second-order valence-corrected chi connectivity index (χ2v) is 33.5. The maximum atomic E-state index is 14.6. The Kier molecular flexibility index (Phi) is 41.2. The smallest absolute Gasteiger partial charge is 0.340 e. The molecule has 0 radical (unpaired) electrons. The molecule has 5 fully saturated rings. The van der Waals surface area contributed by atoms with Crippen LogP contribution in [0.4, 0.5) is 17.6 Å².